The average molecular weight is 251 g/mol. The van der Waals surface area contributed by atoms with Crippen LogP contribution in [0.1, 0.15) is 13.3 Å². The lowest BCUT2D eigenvalue weighted by Gasteiger charge is -2.19. The zero-order chi connectivity index (χ0) is 12.3. The molecular weight excluding hydrogens is 240 g/mol. The Bertz CT molecular complexity index is 315. The Morgan fingerprint density at radius 2 is 2.19 bits per heavy atom. The summed E-state index contributed by atoms with van der Waals surface area (Å²) in [7, 11) is 1.15. The molecule has 0 bridgehead atoms. The first-order valence-electron chi connectivity index (χ1n) is 4.55. The molecular formula is C9H11ClO6. The lowest BCUT2D eigenvalue weighted by molar-refractivity contribution is -0.175. The molecule has 0 aliphatic carbocycles. The van der Waals surface area contributed by atoms with Crippen LogP contribution in [0, 0.1) is 0 Å². The topological polar surface area (TPSA) is 78.9 Å². The first kappa shape index (κ1) is 12.8. The molecule has 16 heavy (non-hydrogen) atoms. The van der Waals surface area contributed by atoms with Gasteiger partial charge in [0.25, 0.3) is 0 Å². The standard InChI is InChI=1S/C9H11ClO6/c1-4(11)15-7(9(13)14-2)6-3-5(10)8(12)16-6/h5-7H,3H2,1-2H3/t5-,6-,7-/m0/s1. The summed E-state index contributed by atoms with van der Waals surface area (Å²) in [6.07, 6.45) is -2.03. The molecule has 3 atom stereocenters. The molecule has 1 aliphatic heterocycles. The van der Waals surface area contributed by atoms with Crippen LogP contribution in [-0.2, 0) is 28.6 Å². The van der Waals surface area contributed by atoms with Gasteiger partial charge in [0.1, 0.15) is 5.38 Å². The van der Waals surface area contributed by atoms with Gasteiger partial charge in [-0.3, -0.25) is 9.59 Å². The maximum absolute atomic E-state index is 11.3. The number of hydrogen-bond acceptors (Lipinski definition) is 6. The van der Waals surface area contributed by atoms with E-state index in [-0.39, 0.29) is 6.42 Å². The summed E-state index contributed by atoms with van der Waals surface area (Å²) in [4.78, 5) is 33.1. The van der Waals surface area contributed by atoms with E-state index < -0.39 is 35.5 Å². The van der Waals surface area contributed by atoms with Crippen molar-refractivity contribution >= 4 is 29.5 Å². The first-order valence-corrected chi connectivity index (χ1v) is 4.99. The predicted molar refractivity (Wildman–Crippen MR) is 51.7 cm³/mol. The van der Waals surface area contributed by atoms with Crippen LogP contribution < -0.4 is 0 Å². The van der Waals surface area contributed by atoms with Crippen LogP contribution in [0.4, 0.5) is 0 Å². The summed E-state index contributed by atoms with van der Waals surface area (Å²) in [5, 5.41) is -0.826. The van der Waals surface area contributed by atoms with Crippen LogP contribution in [0.5, 0.6) is 0 Å². The predicted octanol–water partition coefficient (Wildman–Crippen LogP) is 0.0140. The number of methoxy groups -OCH3 is 1. The highest BCUT2D eigenvalue weighted by atomic mass is 35.5. The number of cyclic esters (lactones) is 1. The number of rotatable bonds is 3. The molecule has 0 N–H and O–H groups in total. The summed E-state index contributed by atoms with van der Waals surface area (Å²) in [6.45, 7) is 1.14. The second-order valence-corrected chi connectivity index (χ2v) is 3.76. The monoisotopic (exact) mass is 250 g/mol. The molecule has 0 unspecified atom stereocenters. The second-order valence-electron chi connectivity index (χ2n) is 3.23. The highest BCUT2D eigenvalue weighted by Crippen LogP contribution is 2.24. The van der Waals surface area contributed by atoms with Crippen molar-refractivity contribution in [1.82, 2.24) is 0 Å². The van der Waals surface area contributed by atoms with E-state index in [0.29, 0.717) is 0 Å². The summed E-state index contributed by atoms with van der Waals surface area (Å²) in [6, 6.07) is 0. The van der Waals surface area contributed by atoms with Crippen molar-refractivity contribution < 1.29 is 28.6 Å². The number of esters is 3. The average Bonchev–Trinajstić information content (AvgIpc) is 2.54. The molecule has 0 aromatic carbocycles. The number of carbonyl (C=O) groups is 3. The van der Waals surface area contributed by atoms with E-state index in [4.69, 9.17) is 21.1 Å². The van der Waals surface area contributed by atoms with Gasteiger partial charge >= 0.3 is 17.9 Å². The van der Waals surface area contributed by atoms with Gasteiger partial charge in [0.15, 0.2) is 6.10 Å². The van der Waals surface area contributed by atoms with Crippen LogP contribution in [0.25, 0.3) is 0 Å². The molecule has 0 saturated carbocycles. The molecule has 1 aliphatic rings. The fraction of sp³-hybridized carbons (Fsp3) is 0.667. The van der Waals surface area contributed by atoms with Crippen molar-refractivity contribution in [3.63, 3.8) is 0 Å². The molecule has 1 saturated heterocycles. The minimum absolute atomic E-state index is 0.105. The zero-order valence-corrected chi connectivity index (χ0v) is 9.52. The van der Waals surface area contributed by atoms with Gasteiger partial charge in [-0.1, -0.05) is 0 Å². The lowest BCUT2D eigenvalue weighted by Crippen LogP contribution is -2.38. The molecule has 90 valence electrons. The van der Waals surface area contributed by atoms with Crippen molar-refractivity contribution in [1.29, 1.82) is 0 Å². The van der Waals surface area contributed by atoms with Gasteiger partial charge in [-0.25, -0.2) is 4.79 Å². The van der Waals surface area contributed by atoms with Gasteiger partial charge in [-0.2, -0.15) is 0 Å². The van der Waals surface area contributed by atoms with Crippen LogP contribution >= 0.6 is 11.6 Å². The van der Waals surface area contributed by atoms with Gasteiger partial charge < -0.3 is 14.2 Å². The summed E-state index contributed by atoms with van der Waals surface area (Å²) >= 11 is 5.62. The molecule has 0 radical (unpaired) electrons. The van der Waals surface area contributed by atoms with Crippen LogP contribution in [0.3, 0.4) is 0 Å². The van der Waals surface area contributed by atoms with Gasteiger partial charge in [0, 0.05) is 13.3 Å². The van der Waals surface area contributed by atoms with Gasteiger partial charge in [0.05, 0.1) is 7.11 Å². The largest absolute Gasteiger partial charge is 0.466 e. The second kappa shape index (κ2) is 5.16. The fourth-order valence-electron chi connectivity index (χ4n) is 1.33. The summed E-state index contributed by atoms with van der Waals surface area (Å²) < 4.78 is 14.0. The van der Waals surface area contributed by atoms with Crippen molar-refractivity contribution in [2.75, 3.05) is 7.11 Å². The molecule has 0 spiro atoms. The molecule has 0 amide bonds. The Kier molecular flexibility index (Phi) is 4.12. The van der Waals surface area contributed by atoms with Crippen LogP contribution in [0.2, 0.25) is 0 Å². The molecule has 0 aromatic heterocycles. The fourth-order valence-corrected chi connectivity index (χ4v) is 1.55. The lowest BCUT2D eigenvalue weighted by atomic mass is 10.1. The van der Waals surface area contributed by atoms with Crippen molar-refractivity contribution in [3.05, 3.63) is 0 Å². The summed E-state index contributed by atoms with van der Waals surface area (Å²) in [5.74, 6) is -2.07. The Labute approximate surface area is 96.8 Å². The Morgan fingerprint density at radius 3 is 2.56 bits per heavy atom. The first-order chi connectivity index (χ1) is 7.45. The minimum atomic E-state index is -1.25. The van der Waals surface area contributed by atoms with E-state index in [0.717, 1.165) is 14.0 Å². The van der Waals surface area contributed by atoms with E-state index in [9.17, 15) is 14.4 Å². The minimum Gasteiger partial charge on any atom is -0.466 e. The number of alkyl halides is 1. The van der Waals surface area contributed by atoms with E-state index in [1.54, 1.807) is 0 Å². The van der Waals surface area contributed by atoms with Gasteiger partial charge in [-0.15, -0.1) is 11.6 Å². The Morgan fingerprint density at radius 1 is 1.56 bits per heavy atom. The van der Waals surface area contributed by atoms with Crippen LogP contribution in [-0.4, -0.2) is 42.6 Å². The molecule has 1 heterocycles. The number of hydrogen-bond donors (Lipinski definition) is 0. The Balaban J connectivity index is 2.73. The highest BCUT2D eigenvalue weighted by molar-refractivity contribution is 6.30. The zero-order valence-electron chi connectivity index (χ0n) is 8.77. The van der Waals surface area contributed by atoms with Gasteiger partial charge in [-0.05, 0) is 0 Å². The quantitative estimate of drug-likeness (QED) is 0.399. The third-order valence-electron chi connectivity index (χ3n) is 2.03. The third kappa shape index (κ3) is 2.85. The van der Waals surface area contributed by atoms with Crippen molar-refractivity contribution in [3.8, 4) is 0 Å². The van der Waals surface area contributed by atoms with E-state index >= 15 is 0 Å². The molecule has 1 rings (SSSR count). The van der Waals surface area contributed by atoms with E-state index in [1.165, 1.54) is 0 Å². The SMILES string of the molecule is COC(=O)[C@@H](OC(C)=O)[C@@H]1C[C@H](Cl)C(=O)O1. The normalized spacial score (nSPS) is 25.8. The third-order valence-corrected chi connectivity index (χ3v) is 2.38. The number of halogens is 1. The maximum atomic E-state index is 11.3. The number of carbonyl (C=O) groups excluding carboxylic acids is 3. The molecule has 6 nitrogen and oxygen atoms in total. The van der Waals surface area contributed by atoms with Crippen molar-refractivity contribution in [2.45, 2.75) is 30.9 Å². The van der Waals surface area contributed by atoms with E-state index in [2.05, 4.69) is 4.74 Å². The molecule has 1 fully saturated rings. The van der Waals surface area contributed by atoms with E-state index in [1.807, 2.05) is 0 Å². The summed E-state index contributed by atoms with van der Waals surface area (Å²) in [5.41, 5.74) is 0. The maximum Gasteiger partial charge on any atom is 0.351 e. The molecule has 0 aromatic rings. The van der Waals surface area contributed by atoms with Crippen LogP contribution in [0.15, 0.2) is 0 Å². The molecule has 7 heteroatoms. The number of ether oxygens (including phenoxy) is 3. The van der Waals surface area contributed by atoms with Gasteiger partial charge in [0.2, 0.25) is 6.10 Å². The van der Waals surface area contributed by atoms with Crippen molar-refractivity contribution in [2.24, 2.45) is 0 Å². The highest BCUT2D eigenvalue weighted by Gasteiger charge is 2.43. The Hall–Kier alpha value is -1.30. The smallest absolute Gasteiger partial charge is 0.351 e.